The van der Waals surface area contributed by atoms with Crippen LogP contribution in [0.2, 0.25) is 0 Å². The molecule has 1 aliphatic rings. The van der Waals surface area contributed by atoms with Crippen LogP contribution in [-0.4, -0.2) is 57.4 Å². The van der Waals surface area contributed by atoms with E-state index >= 15 is 0 Å². The zero-order valence-electron chi connectivity index (χ0n) is 9.78. The first-order valence-corrected chi connectivity index (χ1v) is 5.44. The van der Waals surface area contributed by atoms with E-state index in [0.717, 1.165) is 0 Å². The average molecular weight is 246 g/mol. The summed E-state index contributed by atoms with van der Waals surface area (Å²) in [4.78, 5) is 11.4. The number of hydrogen-bond donors (Lipinski definition) is 4. The summed E-state index contributed by atoms with van der Waals surface area (Å²) in [6.45, 7) is 2.81. The average Bonchev–Trinajstić information content (AvgIpc) is 2.29. The van der Waals surface area contributed by atoms with Crippen LogP contribution in [0, 0.1) is 5.92 Å². The Labute approximate surface area is 99.1 Å². The number of aliphatic hydroxyl groups excluding tert-OH is 4. The molecule has 0 saturated heterocycles. The predicted molar refractivity (Wildman–Crippen MR) is 57.9 cm³/mol. The molecule has 17 heavy (non-hydrogen) atoms. The number of aliphatic hydroxyl groups is 4. The Morgan fingerprint density at radius 2 is 1.94 bits per heavy atom. The van der Waals surface area contributed by atoms with Crippen LogP contribution in [0.3, 0.4) is 0 Å². The molecule has 0 radical (unpaired) electrons. The van der Waals surface area contributed by atoms with Gasteiger partial charge in [0.15, 0.2) is 0 Å². The lowest BCUT2D eigenvalue weighted by molar-refractivity contribution is -0.164. The monoisotopic (exact) mass is 246 g/mol. The Balaban J connectivity index is 2.84. The maximum absolute atomic E-state index is 11.4. The highest BCUT2D eigenvalue weighted by atomic mass is 16.6. The van der Waals surface area contributed by atoms with Crippen LogP contribution < -0.4 is 0 Å². The zero-order valence-corrected chi connectivity index (χ0v) is 9.78. The summed E-state index contributed by atoms with van der Waals surface area (Å²) in [5.41, 5.74) is 0.129. The number of hydrogen-bond acceptors (Lipinski definition) is 6. The van der Waals surface area contributed by atoms with Crippen molar-refractivity contribution in [1.82, 2.24) is 0 Å². The van der Waals surface area contributed by atoms with Crippen LogP contribution in [0.25, 0.3) is 0 Å². The topological polar surface area (TPSA) is 107 Å². The van der Waals surface area contributed by atoms with Gasteiger partial charge in [-0.05, 0) is 11.6 Å². The molecule has 0 bridgehead atoms. The molecule has 0 aromatic heterocycles. The fourth-order valence-corrected chi connectivity index (χ4v) is 1.53. The molecule has 0 saturated carbocycles. The van der Waals surface area contributed by atoms with Crippen LogP contribution in [-0.2, 0) is 9.53 Å². The quantitative estimate of drug-likeness (QED) is 0.359. The van der Waals surface area contributed by atoms with Gasteiger partial charge in [-0.3, -0.25) is 4.79 Å². The minimum atomic E-state index is -1.48. The maximum Gasteiger partial charge on any atom is 0.309 e. The van der Waals surface area contributed by atoms with Crippen molar-refractivity contribution >= 4 is 5.97 Å². The molecule has 0 aromatic rings. The van der Waals surface area contributed by atoms with Gasteiger partial charge in [0, 0.05) is 0 Å². The molecule has 1 rings (SSSR count). The van der Waals surface area contributed by atoms with Crippen LogP contribution in [0.5, 0.6) is 0 Å². The summed E-state index contributed by atoms with van der Waals surface area (Å²) >= 11 is 0. The van der Waals surface area contributed by atoms with Crippen molar-refractivity contribution in [2.24, 2.45) is 5.92 Å². The van der Waals surface area contributed by atoms with Crippen molar-refractivity contribution in [2.45, 2.75) is 38.3 Å². The minimum absolute atomic E-state index is 0.129. The van der Waals surface area contributed by atoms with Crippen LogP contribution in [0.15, 0.2) is 11.6 Å². The minimum Gasteiger partial charge on any atom is -0.455 e. The summed E-state index contributed by atoms with van der Waals surface area (Å²) in [5, 5.41) is 37.6. The Kier molecular flexibility index (Phi) is 4.64. The molecule has 98 valence electrons. The first-order chi connectivity index (χ1) is 7.88. The zero-order chi connectivity index (χ0) is 13.2. The lowest BCUT2D eigenvalue weighted by Crippen LogP contribution is -2.50. The molecule has 4 N–H and O–H groups in total. The van der Waals surface area contributed by atoms with Gasteiger partial charge in [0.05, 0.1) is 12.5 Å². The highest BCUT2D eigenvalue weighted by molar-refractivity contribution is 5.72. The Hall–Kier alpha value is -0.950. The molecule has 0 unspecified atom stereocenters. The lowest BCUT2D eigenvalue weighted by atomic mass is 9.90. The van der Waals surface area contributed by atoms with Gasteiger partial charge in [0.25, 0.3) is 0 Å². The predicted octanol–water partition coefficient (Wildman–Crippen LogP) is -1.43. The molecule has 0 aromatic carbocycles. The molecular weight excluding hydrogens is 228 g/mol. The largest absolute Gasteiger partial charge is 0.455 e. The summed E-state index contributed by atoms with van der Waals surface area (Å²) in [5.74, 6) is -0.886. The summed E-state index contributed by atoms with van der Waals surface area (Å²) in [6, 6.07) is 0. The van der Waals surface area contributed by atoms with Crippen molar-refractivity contribution in [3.63, 3.8) is 0 Å². The van der Waals surface area contributed by atoms with E-state index in [1.807, 2.05) is 0 Å². The second kappa shape index (κ2) is 5.59. The molecule has 0 fully saturated rings. The van der Waals surface area contributed by atoms with E-state index in [0.29, 0.717) is 0 Å². The third-order valence-electron chi connectivity index (χ3n) is 2.67. The normalized spacial score (nSPS) is 33.5. The molecule has 0 spiro atoms. The van der Waals surface area contributed by atoms with Crippen molar-refractivity contribution in [3.05, 3.63) is 11.6 Å². The van der Waals surface area contributed by atoms with Gasteiger partial charge >= 0.3 is 5.97 Å². The highest BCUT2D eigenvalue weighted by Gasteiger charge is 2.39. The number of rotatable bonds is 3. The van der Waals surface area contributed by atoms with Gasteiger partial charge in [-0.1, -0.05) is 13.8 Å². The van der Waals surface area contributed by atoms with Gasteiger partial charge in [0.2, 0.25) is 0 Å². The second-order valence-corrected chi connectivity index (χ2v) is 4.38. The standard InChI is InChI=1S/C11H18O6/c1-5(2)11(16)17-7-3-6(4-12)8(13)10(15)9(7)14/h3,5,7-10,12-15H,4H2,1-2H3/t7-,8+,9-,10-/m0/s1. The third-order valence-corrected chi connectivity index (χ3v) is 2.67. The maximum atomic E-state index is 11.4. The van der Waals surface area contributed by atoms with Gasteiger partial charge in [-0.15, -0.1) is 0 Å². The van der Waals surface area contributed by atoms with Crippen LogP contribution in [0.1, 0.15) is 13.8 Å². The smallest absolute Gasteiger partial charge is 0.309 e. The first-order valence-electron chi connectivity index (χ1n) is 5.44. The summed E-state index contributed by atoms with van der Waals surface area (Å²) < 4.78 is 4.97. The van der Waals surface area contributed by atoms with Crippen molar-refractivity contribution in [2.75, 3.05) is 6.61 Å². The number of carbonyl (C=O) groups excluding carboxylic acids is 1. The lowest BCUT2D eigenvalue weighted by Gasteiger charge is -2.33. The van der Waals surface area contributed by atoms with E-state index in [2.05, 4.69) is 0 Å². The number of ether oxygens (including phenoxy) is 1. The number of carbonyl (C=O) groups is 1. The van der Waals surface area contributed by atoms with Crippen LogP contribution in [0.4, 0.5) is 0 Å². The van der Waals surface area contributed by atoms with Gasteiger partial charge in [0.1, 0.15) is 24.4 Å². The van der Waals surface area contributed by atoms with E-state index in [9.17, 15) is 20.1 Å². The van der Waals surface area contributed by atoms with E-state index < -0.39 is 37.0 Å². The van der Waals surface area contributed by atoms with Crippen molar-refractivity contribution in [3.8, 4) is 0 Å². The fraction of sp³-hybridized carbons (Fsp3) is 0.727. The molecule has 0 amide bonds. The van der Waals surface area contributed by atoms with E-state index in [1.54, 1.807) is 13.8 Å². The van der Waals surface area contributed by atoms with Gasteiger partial charge in [-0.2, -0.15) is 0 Å². The molecule has 0 aliphatic heterocycles. The van der Waals surface area contributed by atoms with E-state index in [4.69, 9.17) is 9.84 Å². The molecule has 1 aliphatic carbocycles. The molecule has 4 atom stereocenters. The molecule has 0 heterocycles. The van der Waals surface area contributed by atoms with E-state index in [-0.39, 0.29) is 11.5 Å². The third kappa shape index (κ3) is 3.04. The molecule has 6 nitrogen and oxygen atoms in total. The molecular formula is C11H18O6. The Morgan fingerprint density at radius 3 is 2.41 bits per heavy atom. The first kappa shape index (κ1) is 14.1. The van der Waals surface area contributed by atoms with Gasteiger partial charge < -0.3 is 25.2 Å². The number of esters is 1. The summed E-state index contributed by atoms with van der Waals surface area (Å²) in [7, 11) is 0. The van der Waals surface area contributed by atoms with Gasteiger partial charge in [-0.25, -0.2) is 0 Å². The SMILES string of the molecule is CC(C)C(=O)O[C@H]1C=C(CO)[C@@H](O)[C@H](O)[C@H]1O. The molecule has 6 heteroatoms. The van der Waals surface area contributed by atoms with E-state index in [1.165, 1.54) is 6.08 Å². The summed E-state index contributed by atoms with van der Waals surface area (Å²) in [6.07, 6.45) is -4.01. The van der Waals surface area contributed by atoms with Crippen LogP contribution >= 0.6 is 0 Å². The Bertz CT molecular complexity index is 311. The second-order valence-electron chi connectivity index (χ2n) is 4.38. The van der Waals surface area contributed by atoms with Crippen molar-refractivity contribution < 1.29 is 30.0 Å². The fourth-order valence-electron chi connectivity index (χ4n) is 1.53. The van der Waals surface area contributed by atoms with Crippen molar-refractivity contribution in [1.29, 1.82) is 0 Å². The highest BCUT2D eigenvalue weighted by Crippen LogP contribution is 2.22. The Morgan fingerprint density at radius 1 is 1.35 bits per heavy atom.